The van der Waals surface area contributed by atoms with Crippen LogP contribution in [0.2, 0.25) is 0 Å². The lowest BCUT2D eigenvalue weighted by atomic mass is 9.78. The molecule has 2 unspecified atom stereocenters. The molecule has 1 aromatic heterocycles. The van der Waals surface area contributed by atoms with Gasteiger partial charge in [-0.15, -0.1) is 0 Å². The Morgan fingerprint density at radius 2 is 2.20 bits per heavy atom. The number of halogens is 3. The lowest BCUT2D eigenvalue weighted by Gasteiger charge is -2.29. The summed E-state index contributed by atoms with van der Waals surface area (Å²) in [6.07, 6.45) is 0.885. The van der Waals surface area contributed by atoms with E-state index in [9.17, 15) is 18.0 Å². The van der Waals surface area contributed by atoms with E-state index in [1.807, 2.05) is 6.92 Å². The van der Waals surface area contributed by atoms with E-state index in [1.165, 1.54) is 6.20 Å². The van der Waals surface area contributed by atoms with Gasteiger partial charge < -0.3 is 0 Å². The second-order valence-corrected chi connectivity index (χ2v) is 5.46. The minimum atomic E-state index is -4.19. The Hall–Kier alpha value is -1.33. The number of hydrogen-bond donors (Lipinski definition) is 0. The van der Waals surface area contributed by atoms with Gasteiger partial charge in [-0.2, -0.15) is 18.3 Å². The molecule has 3 nitrogen and oxygen atoms in total. The van der Waals surface area contributed by atoms with Gasteiger partial charge in [-0.05, 0) is 25.7 Å². The molecule has 0 aromatic carbocycles. The summed E-state index contributed by atoms with van der Waals surface area (Å²) in [5, 5.41) is 4.06. The molecule has 0 bridgehead atoms. The smallest absolute Gasteiger partial charge is 0.294 e. The molecule has 1 heterocycles. The van der Waals surface area contributed by atoms with E-state index in [-0.39, 0.29) is 18.6 Å². The Morgan fingerprint density at radius 1 is 1.45 bits per heavy atom. The molecule has 0 aliphatic heterocycles. The van der Waals surface area contributed by atoms with Crippen molar-refractivity contribution >= 4 is 5.78 Å². The highest BCUT2D eigenvalue weighted by Crippen LogP contribution is 2.40. The molecule has 1 fully saturated rings. The van der Waals surface area contributed by atoms with Crippen LogP contribution in [0.25, 0.3) is 0 Å². The minimum absolute atomic E-state index is 0.0821. The Morgan fingerprint density at radius 3 is 2.85 bits per heavy atom. The highest BCUT2D eigenvalue weighted by atomic mass is 19.4. The van der Waals surface area contributed by atoms with E-state index >= 15 is 0 Å². The van der Waals surface area contributed by atoms with Crippen LogP contribution >= 0.6 is 0 Å². The average Bonchev–Trinajstić information content (AvgIpc) is 2.86. The molecule has 2 rings (SSSR count). The van der Waals surface area contributed by atoms with Gasteiger partial charge in [0.05, 0.1) is 17.7 Å². The van der Waals surface area contributed by atoms with Crippen molar-refractivity contribution < 1.29 is 18.0 Å². The normalized spacial score (nSPS) is 23.8. The second kappa shape index (κ2) is 5.97. The van der Waals surface area contributed by atoms with Crippen LogP contribution in [0.3, 0.4) is 0 Å². The van der Waals surface area contributed by atoms with Gasteiger partial charge in [-0.1, -0.05) is 13.3 Å². The zero-order valence-electron chi connectivity index (χ0n) is 11.5. The number of carbonyl (C=O) groups excluding carboxylic acids is 1. The third-order valence-electron chi connectivity index (χ3n) is 3.88. The number of alkyl halides is 3. The third kappa shape index (κ3) is 3.41. The molecule has 0 amide bonds. The van der Waals surface area contributed by atoms with Crippen LogP contribution in [-0.2, 0) is 6.54 Å². The second-order valence-electron chi connectivity index (χ2n) is 5.46. The van der Waals surface area contributed by atoms with Crippen molar-refractivity contribution in [2.75, 3.05) is 0 Å². The molecule has 1 aromatic rings. The Labute approximate surface area is 116 Å². The van der Waals surface area contributed by atoms with E-state index in [0.29, 0.717) is 24.9 Å². The first-order valence-electron chi connectivity index (χ1n) is 7.05. The van der Waals surface area contributed by atoms with Crippen LogP contribution in [0.4, 0.5) is 13.2 Å². The predicted octanol–water partition coefficient (Wildman–Crippen LogP) is 3.84. The third-order valence-corrected chi connectivity index (χ3v) is 3.88. The summed E-state index contributed by atoms with van der Waals surface area (Å²) >= 11 is 0. The first-order chi connectivity index (χ1) is 9.41. The van der Waals surface area contributed by atoms with Crippen molar-refractivity contribution in [1.29, 1.82) is 0 Å². The quantitative estimate of drug-likeness (QED) is 0.789. The van der Waals surface area contributed by atoms with Gasteiger partial charge in [-0.3, -0.25) is 9.48 Å². The van der Waals surface area contributed by atoms with E-state index in [4.69, 9.17) is 0 Å². The first-order valence-corrected chi connectivity index (χ1v) is 7.05. The number of hydrogen-bond acceptors (Lipinski definition) is 2. The van der Waals surface area contributed by atoms with Crippen molar-refractivity contribution in [2.24, 2.45) is 11.8 Å². The van der Waals surface area contributed by atoms with Crippen molar-refractivity contribution in [3.63, 3.8) is 0 Å². The molecular formula is C14H19F3N2O. The van der Waals surface area contributed by atoms with Crippen LogP contribution in [0, 0.1) is 11.8 Å². The highest BCUT2D eigenvalue weighted by Gasteiger charge is 2.43. The molecule has 0 saturated heterocycles. The summed E-state index contributed by atoms with van der Waals surface area (Å²) < 4.78 is 39.9. The molecule has 6 heteroatoms. The maximum atomic E-state index is 12.8. The minimum Gasteiger partial charge on any atom is -0.294 e. The van der Waals surface area contributed by atoms with Crippen molar-refractivity contribution in [1.82, 2.24) is 9.78 Å². The van der Waals surface area contributed by atoms with Gasteiger partial charge in [0, 0.05) is 18.7 Å². The Kier molecular flexibility index (Phi) is 4.50. The maximum absolute atomic E-state index is 12.8. The molecule has 1 saturated carbocycles. The Bertz CT molecular complexity index is 467. The lowest BCUT2D eigenvalue weighted by Crippen LogP contribution is -2.31. The summed E-state index contributed by atoms with van der Waals surface area (Å²) in [7, 11) is 0. The maximum Gasteiger partial charge on any atom is 0.391 e. The fourth-order valence-electron chi connectivity index (χ4n) is 2.80. The molecule has 0 N–H and O–H groups in total. The Balaban J connectivity index is 2.04. The summed E-state index contributed by atoms with van der Waals surface area (Å²) in [5.74, 6) is -2.05. The van der Waals surface area contributed by atoms with E-state index in [2.05, 4.69) is 5.10 Å². The fraction of sp³-hybridized carbons (Fsp3) is 0.714. The van der Waals surface area contributed by atoms with Crippen LogP contribution in [0.1, 0.15) is 49.4 Å². The summed E-state index contributed by atoms with van der Waals surface area (Å²) in [6.45, 7) is 2.71. The summed E-state index contributed by atoms with van der Waals surface area (Å²) in [6, 6.07) is 0. The van der Waals surface area contributed by atoms with Crippen molar-refractivity contribution in [3.05, 3.63) is 18.0 Å². The van der Waals surface area contributed by atoms with Gasteiger partial charge in [0.25, 0.3) is 0 Å². The van der Waals surface area contributed by atoms with E-state index < -0.39 is 18.0 Å². The average molecular weight is 288 g/mol. The number of rotatable bonds is 4. The lowest BCUT2D eigenvalue weighted by molar-refractivity contribution is -0.184. The number of aromatic nitrogens is 2. The topological polar surface area (TPSA) is 34.9 Å². The molecule has 20 heavy (non-hydrogen) atoms. The van der Waals surface area contributed by atoms with Crippen LogP contribution in [0.5, 0.6) is 0 Å². The fourth-order valence-corrected chi connectivity index (χ4v) is 2.80. The molecule has 2 atom stereocenters. The van der Waals surface area contributed by atoms with Gasteiger partial charge in [-0.25, -0.2) is 0 Å². The molecule has 1 aliphatic rings. The molecule has 0 radical (unpaired) electrons. The summed E-state index contributed by atoms with van der Waals surface area (Å²) in [5.41, 5.74) is 0.436. The monoisotopic (exact) mass is 288 g/mol. The number of carbonyl (C=O) groups is 1. The van der Waals surface area contributed by atoms with Gasteiger partial charge in [0.1, 0.15) is 0 Å². The number of nitrogens with zero attached hydrogens (tertiary/aromatic N) is 2. The first kappa shape index (κ1) is 15.1. The number of Topliss-reactive ketones (excluding diaryl/α,β-unsaturated/α-hetero) is 1. The predicted molar refractivity (Wildman–Crippen MR) is 68.4 cm³/mol. The van der Waals surface area contributed by atoms with E-state index in [1.54, 1.807) is 10.9 Å². The van der Waals surface area contributed by atoms with Crippen LogP contribution in [-0.4, -0.2) is 21.7 Å². The van der Waals surface area contributed by atoms with Gasteiger partial charge >= 0.3 is 6.18 Å². The number of aryl methyl sites for hydroxylation is 1. The molecular weight excluding hydrogens is 269 g/mol. The molecule has 0 spiro atoms. The molecule has 112 valence electrons. The van der Waals surface area contributed by atoms with Crippen LogP contribution in [0.15, 0.2) is 12.4 Å². The summed E-state index contributed by atoms with van der Waals surface area (Å²) in [4.78, 5) is 12.3. The highest BCUT2D eigenvalue weighted by molar-refractivity contribution is 5.97. The number of ketones is 1. The zero-order valence-corrected chi connectivity index (χ0v) is 11.5. The SMILES string of the molecule is CCCn1cc(C(=O)C2CCCC(C(F)(F)F)C2)cn1. The van der Waals surface area contributed by atoms with Gasteiger partial charge in [0.15, 0.2) is 5.78 Å². The van der Waals surface area contributed by atoms with Crippen molar-refractivity contribution in [3.8, 4) is 0 Å². The largest absolute Gasteiger partial charge is 0.391 e. The standard InChI is InChI=1S/C14H19F3N2O/c1-2-6-19-9-11(8-18-19)13(20)10-4-3-5-12(7-10)14(15,16)17/h8-10,12H,2-7H2,1H3. The van der Waals surface area contributed by atoms with Crippen LogP contribution < -0.4 is 0 Å². The zero-order chi connectivity index (χ0) is 14.8. The van der Waals surface area contributed by atoms with Gasteiger partial charge in [0.2, 0.25) is 0 Å². The molecule has 1 aliphatic carbocycles. The van der Waals surface area contributed by atoms with E-state index in [0.717, 1.165) is 6.42 Å². The van der Waals surface area contributed by atoms with Crippen molar-refractivity contribution in [2.45, 2.75) is 51.7 Å².